The molecule has 3 heteroatoms. The first kappa shape index (κ1) is 17.3. The quantitative estimate of drug-likeness (QED) is 0.742. The smallest absolute Gasteiger partial charge is 0.118 e. The molecule has 0 amide bonds. The van der Waals surface area contributed by atoms with Gasteiger partial charge in [0.2, 0.25) is 0 Å². The third-order valence-corrected chi connectivity index (χ3v) is 3.86. The van der Waals surface area contributed by atoms with Crippen LogP contribution in [0.5, 0.6) is 0 Å². The summed E-state index contributed by atoms with van der Waals surface area (Å²) in [6.07, 6.45) is 2.40. The topological polar surface area (TPSA) is 28.4 Å². The molecule has 116 valence electrons. The average Bonchev–Trinajstić information content (AvgIpc) is 2.71. The minimum Gasteiger partial charge on any atom is -0.465 e. The Kier molecular flexibility index (Phi) is 7.31. The molecule has 0 saturated heterocycles. The van der Waals surface area contributed by atoms with Gasteiger partial charge in [-0.3, -0.25) is 4.90 Å². The van der Waals surface area contributed by atoms with Gasteiger partial charge in [0.05, 0.1) is 6.54 Å². The van der Waals surface area contributed by atoms with Crippen LogP contribution in [0.2, 0.25) is 0 Å². The lowest BCUT2D eigenvalue weighted by molar-refractivity contribution is 0.145. The van der Waals surface area contributed by atoms with Crippen LogP contribution in [-0.2, 0) is 13.1 Å². The van der Waals surface area contributed by atoms with Crippen LogP contribution in [-0.4, -0.2) is 24.5 Å². The minimum absolute atomic E-state index is 0.649. The van der Waals surface area contributed by atoms with E-state index in [4.69, 9.17) is 4.42 Å². The monoisotopic (exact) mass is 280 g/mol. The second-order valence-electron chi connectivity index (χ2n) is 6.12. The Labute approximate surface area is 124 Å². The molecule has 0 spiro atoms. The Balaban J connectivity index is 2.80. The van der Waals surface area contributed by atoms with Gasteiger partial charge in [0, 0.05) is 24.7 Å². The highest BCUT2D eigenvalue weighted by molar-refractivity contribution is 5.20. The molecule has 1 aromatic heterocycles. The molecule has 1 N–H and O–H groups in total. The third-order valence-electron chi connectivity index (χ3n) is 3.86. The van der Waals surface area contributed by atoms with E-state index in [1.165, 1.54) is 18.4 Å². The number of nitrogens with one attached hydrogen (secondary N) is 1. The van der Waals surface area contributed by atoms with E-state index in [9.17, 15) is 0 Å². The molecular formula is C17H32N2O. The van der Waals surface area contributed by atoms with Crippen molar-refractivity contribution in [2.75, 3.05) is 13.6 Å². The van der Waals surface area contributed by atoms with Gasteiger partial charge in [-0.25, -0.2) is 0 Å². The summed E-state index contributed by atoms with van der Waals surface area (Å²) in [6.45, 7) is 14.1. The lowest BCUT2D eigenvalue weighted by atomic mass is 10.1. The van der Waals surface area contributed by atoms with E-state index < -0.39 is 0 Å². The van der Waals surface area contributed by atoms with Crippen LogP contribution < -0.4 is 5.32 Å². The van der Waals surface area contributed by atoms with Gasteiger partial charge in [-0.2, -0.15) is 0 Å². The average molecular weight is 280 g/mol. The molecule has 0 saturated carbocycles. The van der Waals surface area contributed by atoms with Gasteiger partial charge >= 0.3 is 0 Å². The molecule has 0 bridgehead atoms. The number of furan rings is 1. The fourth-order valence-electron chi connectivity index (χ4n) is 2.85. The summed E-state index contributed by atoms with van der Waals surface area (Å²) in [7, 11) is 1.97. The molecule has 1 aromatic rings. The Morgan fingerprint density at radius 2 is 1.90 bits per heavy atom. The Hall–Kier alpha value is -0.800. The molecule has 0 aliphatic carbocycles. The van der Waals surface area contributed by atoms with Gasteiger partial charge in [0.25, 0.3) is 0 Å². The molecule has 0 aromatic carbocycles. The number of rotatable bonds is 9. The predicted octanol–water partition coefficient (Wildman–Crippen LogP) is 3.95. The molecule has 0 unspecified atom stereocenters. The maximum absolute atomic E-state index is 5.94. The van der Waals surface area contributed by atoms with Crippen molar-refractivity contribution in [2.24, 2.45) is 5.92 Å². The number of hydrogen-bond acceptors (Lipinski definition) is 3. The van der Waals surface area contributed by atoms with Crippen molar-refractivity contribution in [3.8, 4) is 0 Å². The summed E-state index contributed by atoms with van der Waals surface area (Å²) >= 11 is 0. The van der Waals surface area contributed by atoms with Crippen molar-refractivity contribution in [3.63, 3.8) is 0 Å². The van der Waals surface area contributed by atoms with Gasteiger partial charge in [-0.05, 0) is 38.8 Å². The van der Waals surface area contributed by atoms with Crippen molar-refractivity contribution in [2.45, 2.75) is 66.6 Å². The highest BCUT2D eigenvalue weighted by Gasteiger charge is 2.18. The zero-order chi connectivity index (χ0) is 15.1. The second kappa shape index (κ2) is 8.48. The maximum Gasteiger partial charge on any atom is 0.118 e. The summed E-state index contributed by atoms with van der Waals surface area (Å²) in [5.41, 5.74) is 1.27. The molecule has 0 radical (unpaired) electrons. The minimum atomic E-state index is 0.649. The number of hydrogen-bond donors (Lipinski definition) is 1. The van der Waals surface area contributed by atoms with Crippen LogP contribution in [0, 0.1) is 12.8 Å². The van der Waals surface area contributed by atoms with Gasteiger partial charge in [-0.15, -0.1) is 0 Å². The summed E-state index contributed by atoms with van der Waals surface area (Å²) in [5.74, 6) is 2.83. The zero-order valence-corrected chi connectivity index (χ0v) is 14.1. The maximum atomic E-state index is 5.94. The molecule has 1 heterocycles. The molecule has 0 fully saturated rings. The Bertz CT molecular complexity index is 380. The largest absolute Gasteiger partial charge is 0.465 e. The number of nitrogens with zero attached hydrogens (tertiary/aromatic N) is 1. The van der Waals surface area contributed by atoms with Gasteiger partial charge in [-0.1, -0.05) is 27.7 Å². The van der Waals surface area contributed by atoms with Crippen molar-refractivity contribution in [1.82, 2.24) is 10.2 Å². The lowest BCUT2D eigenvalue weighted by Crippen LogP contribution is -2.36. The summed E-state index contributed by atoms with van der Waals surface area (Å²) < 4.78 is 5.94. The first-order chi connectivity index (χ1) is 9.51. The predicted molar refractivity (Wildman–Crippen MR) is 85.8 cm³/mol. The molecule has 1 rings (SSSR count). The van der Waals surface area contributed by atoms with Gasteiger partial charge in [0.15, 0.2) is 0 Å². The van der Waals surface area contributed by atoms with Crippen LogP contribution in [0.3, 0.4) is 0 Å². The fraction of sp³-hybridized carbons (Fsp3) is 0.765. The van der Waals surface area contributed by atoms with E-state index in [1.54, 1.807) is 0 Å². The van der Waals surface area contributed by atoms with E-state index in [2.05, 4.69) is 50.9 Å². The SMILES string of the molecule is CCC(CC)N(Cc1cc(CNC)c(C)o1)CC(C)C. The second-order valence-corrected chi connectivity index (χ2v) is 6.12. The molecular weight excluding hydrogens is 248 g/mol. The third kappa shape index (κ3) is 4.95. The van der Waals surface area contributed by atoms with Crippen LogP contribution in [0.1, 0.15) is 57.6 Å². The Morgan fingerprint density at radius 1 is 1.25 bits per heavy atom. The Morgan fingerprint density at radius 3 is 2.40 bits per heavy atom. The van der Waals surface area contributed by atoms with Crippen molar-refractivity contribution in [1.29, 1.82) is 0 Å². The van der Waals surface area contributed by atoms with Gasteiger partial charge in [0.1, 0.15) is 11.5 Å². The standard InChI is InChI=1S/C17H32N2O/c1-7-16(8-2)19(11-13(3)4)12-17-9-15(10-18-6)14(5)20-17/h9,13,16,18H,7-8,10-12H2,1-6H3. The molecule has 20 heavy (non-hydrogen) atoms. The summed E-state index contributed by atoms with van der Waals surface area (Å²) in [5, 5.41) is 3.20. The van der Waals surface area contributed by atoms with Crippen LogP contribution in [0.4, 0.5) is 0 Å². The lowest BCUT2D eigenvalue weighted by Gasteiger charge is -2.31. The molecule has 0 atom stereocenters. The van der Waals surface area contributed by atoms with Crippen molar-refractivity contribution < 1.29 is 4.42 Å². The van der Waals surface area contributed by atoms with E-state index in [1.807, 2.05) is 7.05 Å². The van der Waals surface area contributed by atoms with E-state index in [0.717, 1.165) is 31.2 Å². The summed E-state index contributed by atoms with van der Waals surface area (Å²) in [6, 6.07) is 2.86. The molecule has 0 aliphatic rings. The highest BCUT2D eigenvalue weighted by atomic mass is 16.3. The molecule has 0 aliphatic heterocycles. The first-order valence-corrected chi connectivity index (χ1v) is 7.98. The molecule has 3 nitrogen and oxygen atoms in total. The van der Waals surface area contributed by atoms with Gasteiger partial charge < -0.3 is 9.73 Å². The van der Waals surface area contributed by atoms with Crippen molar-refractivity contribution in [3.05, 3.63) is 23.2 Å². The van der Waals surface area contributed by atoms with E-state index in [-0.39, 0.29) is 0 Å². The van der Waals surface area contributed by atoms with Crippen LogP contribution in [0.15, 0.2) is 10.5 Å². The highest BCUT2D eigenvalue weighted by Crippen LogP contribution is 2.20. The van der Waals surface area contributed by atoms with Crippen LogP contribution in [0.25, 0.3) is 0 Å². The zero-order valence-electron chi connectivity index (χ0n) is 14.1. The van der Waals surface area contributed by atoms with Crippen molar-refractivity contribution >= 4 is 0 Å². The fourth-order valence-corrected chi connectivity index (χ4v) is 2.85. The number of aryl methyl sites for hydroxylation is 1. The van der Waals surface area contributed by atoms with Crippen LogP contribution >= 0.6 is 0 Å². The summed E-state index contributed by atoms with van der Waals surface area (Å²) in [4.78, 5) is 2.58. The van der Waals surface area contributed by atoms with E-state index >= 15 is 0 Å². The van der Waals surface area contributed by atoms with E-state index in [0.29, 0.717) is 12.0 Å². The normalized spacial score (nSPS) is 12.1. The first-order valence-electron chi connectivity index (χ1n) is 7.98.